The van der Waals surface area contributed by atoms with E-state index in [1.807, 2.05) is 60.0 Å². The van der Waals surface area contributed by atoms with E-state index >= 15 is 0 Å². The van der Waals surface area contributed by atoms with Gasteiger partial charge in [0, 0.05) is 48.0 Å². The number of nitrogens with one attached hydrogen (secondary N) is 1. The number of thioether (sulfide) groups is 1. The van der Waals surface area contributed by atoms with Crippen LogP contribution >= 0.6 is 35.6 Å². The van der Waals surface area contributed by atoms with Crippen LogP contribution in [0.4, 0.5) is 5.69 Å². The largest absolute Gasteiger partial charge is 0.356 e. The molecule has 0 unspecified atom stereocenters. The minimum Gasteiger partial charge on any atom is -0.356 e. The first kappa shape index (κ1) is 24.1. The van der Waals surface area contributed by atoms with E-state index in [1.54, 1.807) is 12.1 Å². The summed E-state index contributed by atoms with van der Waals surface area (Å²) in [7, 11) is 0. The fourth-order valence-electron chi connectivity index (χ4n) is 5.00. The summed E-state index contributed by atoms with van der Waals surface area (Å²) in [5.74, 6) is 0.477. The van der Waals surface area contributed by atoms with E-state index in [0.29, 0.717) is 27.5 Å². The first-order chi connectivity index (χ1) is 16.9. The van der Waals surface area contributed by atoms with Crippen LogP contribution < -0.4 is 10.9 Å². The highest BCUT2D eigenvalue weighted by Gasteiger charge is 2.36. The summed E-state index contributed by atoms with van der Waals surface area (Å²) >= 11 is 13.6. The van der Waals surface area contributed by atoms with Gasteiger partial charge in [0.2, 0.25) is 5.91 Å². The highest BCUT2D eigenvalue weighted by Crippen LogP contribution is 2.39. The second kappa shape index (κ2) is 10.2. The zero-order valence-corrected chi connectivity index (χ0v) is 21.7. The molecule has 2 aliphatic rings. The minimum absolute atomic E-state index is 0.0691. The van der Waals surface area contributed by atoms with Crippen LogP contribution in [0.3, 0.4) is 0 Å². The number of hydrogen-bond acceptors (Lipinski definition) is 4. The lowest BCUT2D eigenvalue weighted by Gasteiger charge is -2.43. The molecule has 0 saturated carbocycles. The Bertz CT molecular complexity index is 1330. The molecule has 0 radical (unpaired) electrons. The number of fused-ring (bicyclic) bond motifs is 4. The van der Waals surface area contributed by atoms with Crippen LogP contribution in [-0.2, 0) is 11.3 Å². The van der Waals surface area contributed by atoms with Crippen LogP contribution in [0.15, 0.2) is 71.5 Å². The highest BCUT2D eigenvalue weighted by atomic mass is 35.5. The predicted molar refractivity (Wildman–Crippen MR) is 147 cm³/mol. The number of aromatic nitrogens is 1. The van der Waals surface area contributed by atoms with Crippen molar-refractivity contribution in [2.24, 2.45) is 5.92 Å². The Morgan fingerprint density at radius 3 is 2.66 bits per heavy atom. The van der Waals surface area contributed by atoms with Crippen molar-refractivity contribution in [1.29, 1.82) is 0 Å². The van der Waals surface area contributed by atoms with E-state index < -0.39 is 5.25 Å². The maximum Gasteiger partial charge on any atom is 0.250 e. The van der Waals surface area contributed by atoms with Crippen molar-refractivity contribution in [3.05, 3.63) is 98.9 Å². The molecule has 2 aliphatic heterocycles. The topological polar surface area (TPSA) is 54.3 Å². The second-order valence-corrected chi connectivity index (χ2v) is 11.4. The Morgan fingerprint density at radius 2 is 1.89 bits per heavy atom. The first-order valence-electron chi connectivity index (χ1n) is 11.7. The molecule has 3 aromatic rings. The SMILES string of the molecule is Cc1ccc(NC(=O)[C@@H](SC(=S)N2C[C@@H]3C[C@@H](C2)c2cccc(=O)n2C3)c2ccccc2)cc1Cl. The summed E-state index contributed by atoms with van der Waals surface area (Å²) in [6, 6.07) is 20.8. The number of rotatable bonds is 4. The lowest BCUT2D eigenvalue weighted by Crippen LogP contribution is -2.48. The summed E-state index contributed by atoms with van der Waals surface area (Å²) in [5, 5.41) is 3.13. The molecule has 1 amide bonds. The molecule has 2 aromatic carbocycles. The highest BCUT2D eigenvalue weighted by molar-refractivity contribution is 8.23. The van der Waals surface area contributed by atoms with Gasteiger partial charge in [-0.05, 0) is 48.6 Å². The zero-order chi connectivity index (χ0) is 24.5. The fourth-order valence-corrected chi connectivity index (χ4v) is 6.58. The van der Waals surface area contributed by atoms with Crippen molar-refractivity contribution in [2.75, 3.05) is 18.4 Å². The standard InChI is InChI=1S/C27H26ClN3O2S2/c1-17-10-11-21(13-22(17)28)29-26(33)25(19-6-3-2-4-7-19)35-27(34)30-14-18-12-20(16-30)23-8-5-9-24(32)31(23)15-18/h2-11,13,18,20,25H,12,14-16H2,1H3,(H,29,33)/t18-,20-,25-/m0/s1. The maximum atomic E-state index is 13.4. The number of piperidine rings is 1. The van der Waals surface area contributed by atoms with Gasteiger partial charge in [0.1, 0.15) is 9.57 Å². The number of amides is 1. The van der Waals surface area contributed by atoms with Crippen molar-refractivity contribution in [3.63, 3.8) is 0 Å². The van der Waals surface area contributed by atoms with Gasteiger partial charge in [-0.3, -0.25) is 9.59 Å². The van der Waals surface area contributed by atoms with Gasteiger partial charge >= 0.3 is 0 Å². The number of thiocarbonyl (C=S) groups is 1. The van der Waals surface area contributed by atoms with E-state index in [2.05, 4.69) is 16.3 Å². The Labute approximate surface area is 219 Å². The van der Waals surface area contributed by atoms with Crippen molar-refractivity contribution in [3.8, 4) is 0 Å². The molecule has 3 atom stereocenters. The van der Waals surface area contributed by atoms with Crippen LogP contribution in [-0.4, -0.2) is 32.8 Å². The summed E-state index contributed by atoms with van der Waals surface area (Å²) < 4.78 is 2.62. The monoisotopic (exact) mass is 523 g/mol. The van der Waals surface area contributed by atoms with Gasteiger partial charge in [0.15, 0.2) is 0 Å². The molecule has 5 nitrogen and oxygen atoms in total. The Morgan fingerprint density at radius 1 is 1.09 bits per heavy atom. The zero-order valence-electron chi connectivity index (χ0n) is 19.3. The van der Waals surface area contributed by atoms with Crippen molar-refractivity contribution in [1.82, 2.24) is 9.47 Å². The van der Waals surface area contributed by atoms with Crippen LogP contribution in [0.25, 0.3) is 0 Å². The lowest BCUT2D eigenvalue weighted by molar-refractivity contribution is -0.115. The van der Waals surface area contributed by atoms with Crippen molar-refractivity contribution >= 4 is 51.5 Å². The number of anilines is 1. The smallest absolute Gasteiger partial charge is 0.250 e. The van der Waals surface area contributed by atoms with E-state index in [0.717, 1.165) is 36.3 Å². The van der Waals surface area contributed by atoms with Gasteiger partial charge in [-0.15, -0.1) is 0 Å². The molecule has 1 fully saturated rings. The van der Waals surface area contributed by atoms with E-state index in [4.69, 9.17) is 23.8 Å². The molecule has 0 spiro atoms. The molecule has 1 saturated heterocycles. The third-order valence-corrected chi connectivity index (χ3v) is 8.87. The molecule has 3 heterocycles. The first-order valence-corrected chi connectivity index (χ1v) is 13.3. The van der Waals surface area contributed by atoms with Crippen LogP contribution in [0, 0.1) is 12.8 Å². The average molecular weight is 524 g/mol. The normalized spacial score (nSPS) is 19.5. The third-order valence-electron chi connectivity index (χ3n) is 6.74. The summed E-state index contributed by atoms with van der Waals surface area (Å²) in [4.78, 5) is 28.0. The number of carbonyl (C=O) groups excluding carboxylic acids is 1. The number of hydrogen-bond donors (Lipinski definition) is 1. The van der Waals surface area contributed by atoms with Gasteiger partial charge in [-0.25, -0.2) is 0 Å². The molecular weight excluding hydrogens is 498 g/mol. The van der Waals surface area contributed by atoms with Crippen LogP contribution in [0.2, 0.25) is 5.02 Å². The number of pyridine rings is 1. The number of nitrogens with zero attached hydrogens (tertiary/aromatic N) is 2. The molecule has 2 bridgehead atoms. The molecule has 5 rings (SSSR count). The van der Waals surface area contributed by atoms with Crippen molar-refractivity contribution in [2.45, 2.75) is 31.1 Å². The van der Waals surface area contributed by atoms with Gasteiger partial charge in [0.05, 0.1) is 0 Å². The number of benzene rings is 2. The Balaban J connectivity index is 1.35. The number of carbonyl (C=O) groups is 1. The summed E-state index contributed by atoms with van der Waals surface area (Å²) in [6.07, 6.45) is 1.06. The Hall–Kier alpha value is -2.61. The maximum absolute atomic E-state index is 13.4. The minimum atomic E-state index is -0.500. The number of likely N-dealkylation sites (tertiary alicyclic amines) is 1. The number of aryl methyl sites for hydroxylation is 1. The van der Waals surface area contributed by atoms with E-state index in [1.165, 1.54) is 11.8 Å². The van der Waals surface area contributed by atoms with Gasteiger partial charge in [0.25, 0.3) is 5.56 Å². The molecule has 1 N–H and O–H groups in total. The third kappa shape index (κ3) is 5.17. The quantitative estimate of drug-likeness (QED) is 0.449. The molecule has 35 heavy (non-hydrogen) atoms. The molecule has 0 aliphatic carbocycles. The van der Waals surface area contributed by atoms with Crippen LogP contribution in [0.1, 0.15) is 34.4 Å². The molecule has 1 aromatic heterocycles. The van der Waals surface area contributed by atoms with Crippen molar-refractivity contribution < 1.29 is 4.79 Å². The van der Waals surface area contributed by atoms with E-state index in [9.17, 15) is 9.59 Å². The summed E-state index contributed by atoms with van der Waals surface area (Å²) in [5.41, 5.74) is 3.66. The summed E-state index contributed by atoms with van der Waals surface area (Å²) in [6.45, 7) is 4.19. The predicted octanol–water partition coefficient (Wildman–Crippen LogP) is 5.63. The second-order valence-electron chi connectivity index (χ2n) is 9.23. The number of halogens is 1. The van der Waals surface area contributed by atoms with Gasteiger partial charge in [-0.2, -0.15) is 0 Å². The molecule has 8 heteroatoms. The average Bonchev–Trinajstić information content (AvgIpc) is 2.85. The van der Waals surface area contributed by atoms with Crippen LogP contribution in [0.5, 0.6) is 0 Å². The Kier molecular flexibility index (Phi) is 7.00. The molecular formula is C27H26ClN3O2S2. The van der Waals surface area contributed by atoms with Gasteiger partial charge in [-0.1, -0.05) is 78.0 Å². The van der Waals surface area contributed by atoms with E-state index in [-0.39, 0.29) is 17.4 Å². The fraction of sp³-hybridized carbons (Fsp3) is 0.296. The van der Waals surface area contributed by atoms with Gasteiger partial charge < -0.3 is 14.8 Å². The molecule has 180 valence electrons. The lowest BCUT2D eigenvalue weighted by atomic mass is 9.83.